The zero-order valence-corrected chi connectivity index (χ0v) is 65.3. The molecule has 0 spiro atoms. The third-order valence-corrected chi connectivity index (χ3v) is 20.0. The summed E-state index contributed by atoms with van der Waals surface area (Å²) in [5.41, 5.74) is 0. The average molecular weight is 1420 g/mol. The van der Waals surface area contributed by atoms with Crippen molar-refractivity contribution in [2.45, 2.75) is 420 Å². The molecule has 0 aromatic carbocycles. The molecule has 0 aliphatic carbocycles. The van der Waals surface area contributed by atoms with Gasteiger partial charge in [0.1, 0.15) is 19.3 Å². The van der Waals surface area contributed by atoms with E-state index in [1.807, 2.05) is 0 Å². The van der Waals surface area contributed by atoms with E-state index >= 15 is 0 Å². The Hall–Kier alpha value is -1.94. The van der Waals surface area contributed by atoms with E-state index in [1.54, 1.807) is 0 Å². The monoisotopic (exact) mass is 1420 g/mol. The normalized spacial score (nSPS) is 14.0. The smallest absolute Gasteiger partial charge is 0.462 e. The second-order valence-corrected chi connectivity index (χ2v) is 32.4. The van der Waals surface area contributed by atoms with Gasteiger partial charge in [0.25, 0.3) is 0 Å². The van der Waals surface area contributed by atoms with Crippen molar-refractivity contribution in [1.29, 1.82) is 0 Å². The molecule has 576 valence electrons. The summed E-state index contributed by atoms with van der Waals surface area (Å²) >= 11 is 0. The number of phosphoric acid groups is 2. The Bertz CT molecular complexity index is 1890. The minimum atomic E-state index is -4.96. The van der Waals surface area contributed by atoms with Gasteiger partial charge in [-0.3, -0.25) is 37.3 Å². The van der Waals surface area contributed by atoms with E-state index in [-0.39, 0.29) is 25.7 Å². The van der Waals surface area contributed by atoms with Crippen LogP contribution < -0.4 is 0 Å². The third kappa shape index (κ3) is 72.2. The lowest BCUT2D eigenvalue weighted by Gasteiger charge is -2.21. The van der Waals surface area contributed by atoms with Crippen LogP contribution in [0.15, 0.2) is 0 Å². The molecule has 0 aromatic heterocycles. The van der Waals surface area contributed by atoms with Gasteiger partial charge in [-0.05, 0) is 43.4 Å². The van der Waals surface area contributed by atoms with Crippen molar-refractivity contribution in [3.63, 3.8) is 0 Å². The maximum absolute atomic E-state index is 13.1. The first-order valence-corrected chi connectivity index (χ1v) is 43.3. The maximum Gasteiger partial charge on any atom is 0.472 e. The molecule has 0 aliphatic heterocycles. The third-order valence-electron chi connectivity index (χ3n) is 18.1. The molecule has 0 rings (SSSR count). The molecule has 97 heavy (non-hydrogen) atoms. The van der Waals surface area contributed by atoms with Gasteiger partial charge in [-0.1, -0.05) is 350 Å². The molecule has 0 saturated heterocycles. The number of phosphoric ester groups is 2. The Labute approximate surface area is 594 Å². The number of carbonyl (C=O) groups excluding carboxylic acids is 4. The highest BCUT2D eigenvalue weighted by Gasteiger charge is 2.30. The number of aliphatic hydroxyl groups is 1. The molecule has 0 radical (unpaired) electrons. The van der Waals surface area contributed by atoms with Crippen LogP contribution in [0.5, 0.6) is 0 Å². The van der Waals surface area contributed by atoms with Gasteiger partial charge in [-0.2, -0.15) is 0 Å². The molecule has 0 heterocycles. The Kier molecular flexibility index (Phi) is 67.1. The van der Waals surface area contributed by atoms with Crippen molar-refractivity contribution in [3.8, 4) is 0 Å². The summed E-state index contributed by atoms with van der Waals surface area (Å²) in [5.74, 6) is 0.216. The van der Waals surface area contributed by atoms with Crippen LogP contribution in [-0.4, -0.2) is 96.7 Å². The molecule has 19 heteroatoms. The average Bonchev–Trinajstić information content (AvgIpc) is 1.23. The van der Waals surface area contributed by atoms with Crippen LogP contribution in [-0.2, 0) is 65.4 Å². The largest absolute Gasteiger partial charge is 0.472 e. The Balaban J connectivity index is 5.21. The number of esters is 4. The molecular weight excluding hydrogens is 1270 g/mol. The first-order chi connectivity index (χ1) is 46.7. The molecular formula is C78H152O17P2. The summed E-state index contributed by atoms with van der Waals surface area (Å²) in [6.45, 7) is 11.9. The molecule has 0 saturated carbocycles. The molecule has 0 aromatic rings. The fraction of sp³-hybridized carbons (Fsp3) is 0.949. The molecule has 0 bridgehead atoms. The van der Waals surface area contributed by atoms with Crippen molar-refractivity contribution in [2.24, 2.45) is 17.8 Å². The van der Waals surface area contributed by atoms with Gasteiger partial charge in [0.15, 0.2) is 12.2 Å². The lowest BCUT2D eigenvalue weighted by atomic mass is 10.0. The quantitative estimate of drug-likeness (QED) is 0.0222. The summed E-state index contributed by atoms with van der Waals surface area (Å²) in [4.78, 5) is 72.8. The predicted octanol–water partition coefficient (Wildman–Crippen LogP) is 23.0. The lowest BCUT2D eigenvalue weighted by Crippen LogP contribution is -2.30. The second kappa shape index (κ2) is 68.5. The van der Waals surface area contributed by atoms with Gasteiger partial charge >= 0.3 is 39.5 Å². The van der Waals surface area contributed by atoms with Gasteiger partial charge in [0.2, 0.25) is 0 Å². The summed E-state index contributed by atoms with van der Waals surface area (Å²) in [6.07, 6.45) is 55.6. The molecule has 0 fully saturated rings. The highest BCUT2D eigenvalue weighted by Crippen LogP contribution is 2.45. The van der Waals surface area contributed by atoms with E-state index in [1.165, 1.54) is 212 Å². The predicted molar refractivity (Wildman–Crippen MR) is 395 cm³/mol. The summed E-state index contributed by atoms with van der Waals surface area (Å²) in [5, 5.41) is 10.6. The first-order valence-electron chi connectivity index (χ1n) is 40.3. The molecule has 2 unspecified atom stereocenters. The van der Waals surface area contributed by atoms with E-state index < -0.39 is 97.5 Å². The number of carbonyl (C=O) groups is 4. The molecule has 0 amide bonds. The van der Waals surface area contributed by atoms with Gasteiger partial charge in [0.05, 0.1) is 26.4 Å². The number of rotatable bonds is 76. The summed E-state index contributed by atoms with van der Waals surface area (Å²) in [7, 11) is -9.91. The van der Waals surface area contributed by atoms with Crippen LogP contribution in [0.1, 0.15) is 402 Å². The van der Waals surface area contributed by atoms with Crippen LogP contribution in [0.3, 0.4) is 0 Å². The molecule has 3 N–H and O–H groups in total. The minimum Gasteiger partial charge on any atom is -0.462 e. The van der Waals surface area contributed by atoms with Gasteiger partial charge < -0.3 is 33.8 Å². The van der Waals surface area contributed by atoms with Crippen LogP contribution in [0.4, 0.5) is 0 Å². The SMILES string of the molecule is CCCCCCCCCCCC(=O)OC[C@H](COP(=O)(O)OC[C@H](O)COP(=O)(O)OC[C@@H](COC(=O)CCCCCCCCCCCCCCCCCC(C)C)OC(=O)CCCCCCCCCCCCCCCCCCC(C)C)OC(=O)CCCCCCCCCCC(C)C. The fourth-order valence-corrected chi connectivity index (χ4v) is 13.5. The second-order valence-electron chi connectivity index (χ2n) is 29.5. The lowest BCUT2D eigenvalue weighted by molar-refractivity contribution is -0.161. The van der Waals surface area contributed by atoms with Crippen LogP contribution in [0, 0.1) is 17.8 Å². The minimum absolute atomic E-state index is 0.104. The van der Waals surface area contributed by atoms with Crippen molar-refractivity contribution >= 4 is 39.5 Å². The zero-order valence-electron chi connectivity index (χ0n) is 63.5. The van der Waals surface area contributed by atoms with Crippen molar-refractivity contribution < 1.29 is 80.2 Å². The Morgan fingerprint density at radius 3 is 0.701 bits per heavy atom. The standard InChI is InChI=1S/C78H152O17P2/c1-8-9-10-11-12-28-38-45-52-59-75(80)88-65-74(95-78(83)62-55-48-41-34-33-37-44-51-58-71(6)7)68-93-97(86,87)91-64-72(79)63-90-96(84,85)92-67-73(66-89-76(81)60-53-46-39-31-26-22-19-15-17-21-25-30-36-43-50-57-70(4)5)94-77(82)61-54-47-40-32-27-23-18-14-13-16-20-24-29-35-42-49-56-69(2)3/h69-74,79H,8-68H2,1-7H3,(H,84,85)(H,86,87)/t72-,73-,74-/m1/s1. The van der Waals surface area contributed by atoms with Gasteiger partial charge in [0, 0.05) is 25.7 Å². The highest BCUT2D eigenvalue weighted by molar-refractivity contribution is 7.47. The number of hydrogen-bond donors (Lipinski definition) is 3. The van der Waals surface area contributed by atoms with Crippen LogP contribution in [0.2, 0.25) is 0 Å². The molecule has 0 aliphatic rings. The van der Waals surface area contributed by atoms with E-state index in [0.717, 1.165) is 108 Å². The van der Waals surface area contributed by atoms with Crippen molar-refractivity contribution in [2.75, 3.05) is 39.6 Å². The van der Waals surface area contributed by atoms with E-state index in [9.17, 15) is 43.2 Å². The van der Waals surface area contributed by atoms with Gasteiger partial charge in [-0.15, -0.1) is 0 Å². The van der Waals surface area contributed by atoms with Crippen LogP contribution in [0.25, 0.3) is 0 Å². The van der Waals surface area contributed by atoms with Crippen molar-refractivity contribution in [3.05, 3.63) is 0 Å². The topological polar surface area (TPSA) is 237 Å². The zero-order chi connectivity index (χ0) is 71.6. The summed E-state index contributed by atoms with van der Waals surface area (Å²) in [6, 6.07) is 0. The first kappa shape index (κ1) is 95.1. The number of aliphatic hydroxyl groups excluding tert-OH is 1. The van der Waals surface area contributed by atoms with Crippen molar-refractivity contribution in [1.82, 2.24) is 0 Å². The van der Waals surface area contributed by atoms with E-state index in [0.29, 0.717) is 25.7 Å². The van der Waals surface area contributed by atoms with Gasteiger partial charge in [-0.25, -0.2) is 9.13 Å². The summed E-state index contributed by atoms with van der Waals surface area (Å²) < 4.78 is 68.5. The maximum atomic E-state index is 13.1. The number of unbranched alkanes of at least 4 members (excludes halogenated alkanes) is 44. The molecule has 17 nitrogen and oxygen atoms in total. The number of hydrogen-bond acceptors (Lipinski definition) is 15. The van der Waals surface area contributed by atoms with E-state index in [2.05, 4.69) is 48.5 Å². The van der Waals surface area contributed by atoms with E-state index in [4.69, 9.17) is 37.0 Å². The Morgan fingerprint density at radius 1 is 0.278 bits per heavy atom. The number of ether oxygens (including phenoxy) is 4. The van der Waals surface area contributed by atoms with Crippen LogP contribution >= 0.6 is 15.6 Å². The molecule has 5 atom stereocenters. The fourth-order valence-electron chi connectivity index (χ4n) is 12.0. The Morgan fingerprint density at radius 2 is 0.474 bits per heavy atom. The highest BCUT2D eigenvalue weighted by atomic mass is 31.2.